The van der Waals surface area contributed by atoms with Crippen LogP contribution in [0.15, 0.2) is 18.2 Å². The van der Waals surface area contributed by atoms with Crippen LogP contribution in [0, 0.1) is 5.82 Å². The van der Waals surface area contributed by atoms with E-state index < -0.39 is 4.84 Å². The van der Waals surface area contributed by atoms with Crippen molar-refractivity contribution in [2.24, 2.45) is 0 Å². The summed E-state index contributed by atoms with van der Waals surface area (Å²) in [4.78, 5) is -0.525. The Hall–Kier alpha value is 0.0200. The maximum Gasteiger partial charge on any atom is 0.124 e. The summed E-state index contributed by atoms with van der Waals surface area (Å²) >= 11 is 16.6. The molecule has 0 saturated heterocycles. The van der Waals surface area contributed by atoms with Crippen LogP contribution in [0.1, 0.15) is 5.56 Å². The maximum absolute atomic E-state index is 12.7. The molecule has 0 aliphatic heterocycles. The number of benzene rings is 1. The van der Waals surface area contributed by atoms with Gasteiger partial charge in [-0.05, 0) is 23.8 Å². The van der Waals surface area contributed by atoms with Gasteiger partial charge in [-0.2, -0.15) is 0 Å². The van der Waals surface area contributed by atoms with E-state index in [4.69, 9.17) is 34.8 Å². The Morgan fingerprint density at radius 1 is 1.25 bits per heavy atom. The second-order valence-electron chi connectivity index (χ2n) is 2.37. The number of alkyl halides is 2. The third-order valence-electron chi connectivity index (χ3n) is 1.31. The predicted octanol–water partition coefficient (Wildman–Crippen LogP) is 3.83. The van der Waals surface area contributed by atoms with E-state index in [-0.39, 0.29) is 5.82 Å². The molecule has 12 heavy (non-hydrogen) atoms. The van der Waals surface area contributed by atoms with Crippen molar-refractivity contribution in [2.75, 3.05) is 0 Å². The van der Waals surface area contributed by atoms with Crippen molar-refractivity contribution < 1.29 is 4.39 Å². The standard InChI is InChI=1S/C8H6Cl3F/c9-6-1-5(3-8(10)11)2-7(12)4-6/h1-2,4,8H,3H2. The highest BCUT2D eigenvalue weighted by Gasteiger charge is 2.03. The maximum atomic E-state index is 12.7. The lowest BCUT2D eigenvalue weighted by molar-refractivity contribution is 0.625. The first kappa shape index (κ1) is 10.1. The molecule has 0 fully saturated rings. The van der Waals surface area contributed by atoms with Crippen LogP contribution in [0.4, 0.5) is 4.39 Å². The molecule has 0 heterocycles. The van der Waals surface area contributed by atoms with Gasteiger partial charge in [0.1, 0.15) is 10.7 Å². The Morgan fingerprint density at radius 3 is 2.42 bits per heavy atom. The highest BCUT2D eigenvalue weighted by Crippen LogP contribution is 2.17. The van der Waals surface area contributed by atoms with Gasteiger partial charge >= 0.3 is 0 Å². The summed E-state index contributed by atoms with van der Waals surface area (Å²) in [5.74, 6) is -0.369. The fourth-order valence-electron chi connectivity index (χ4n) is 0.907. The Balaban J connectivity index is 2.85. The van der Waals surface area contributed by atoms with Gasteiger partial charge in [0.25, 0.3) is 0 Å². The first-order valence-electron chi connectivity index (χ1n) is 3.31. The molecule has 0 N–H and O–H groups in total. The first-order chi connectivity index (χ1) is 5.58. The van der Waals surface area contributed by atoms with E-state index in [9.17, 15) is 4.39 Å². The van der Waals surface area contributed by atoms with Gasteiger partial charge in [-0.3, -0.25) is 0 Å². The van der Waals surface area contributed by atoms with Crippen molar-refractivity contribution in [1.29, 1.82) is 0 Å². The molecular weight excluding hydrogens is 221 g/mol. The van der Waals surface area contributed by atoms with Crippen LogP contribution in [0.2, 0.25) is 5.02 Å². The van der Waals surface area contributed by atoms with Crippen LogP contribution >= 0.6 is 34.8 Å². The molecule has 0 amide bonds. The highest BCUT2D eigenvalue weighted by molar-refractivity contribution is 6.44. The molecule has 1 rings (SSSR count). The molecule has 0 radical (unpaired) electrons. The fraction of sp³-hybridized carbons (Fsp3) is 0.250. The van der Waals surface area contributed by atoms with Crippen LogP contribution in [0.25, 0.3) is 0 Å². The van der Waals surface area contributed by atoms with Crippen molar-refractivity contribution in [3.8, 4) is 0 Å². The van der Waals surface area contributed by atoms with Gasteiger partial charge in [0, 0.05) is 11.4 Å². The van der Waals surface area contributed by atoms with Gasteiger partial charge in [0.2, 0.25) is 0 Å². The zero-order valence-corrected chi connectivity index (χ0v) is 8.30. The Morgan fingerprint density at radius 2 is 1.92 bits per heavy atom. The minimum atomic E-state index is -0.525. The summed E-state index contributed by atoms with van der Waals surface area (Å²) in [6, 6.07) is 4.24. The molecule has 0 aromatic heterocycles. The van der Waals surface area contributed by atoms with Crippen molar-refractivity contribution in [3.05, 3.63) is 34.6 Å². The summed E-state index contributed by atoms with van der Waals surface area (Å²) in [7, 11) is 0. The molecule has 0 saturated carbocycles. The van der Waals surface area contributed by atoms with E-state index in [2.05, 4.69) is 0 Å². The van der Waals surface area contributed by atoms with E-state index >= 15 is 0 Å². The lowest BCUT2D eigenvalue weighted by Gasteiger charge is -2.02. The molecule has 0 aliphatic rings. The average molecular weight is 227 g/mol. The zero-order chi connectivity index (χ0) is 9.14. The Bertz CT molecular complexity index is 253. The molecule has 0 bridgehead atoms. The number of hydrogen-bond acceptors (Lipinski definition) is 0. The van der Waals surface area contributed by atoms with Crippen LogP contribution in [-0.4, -0.2) is 4.84 Å². The quantitative estimate of drug-likeness (QED) is 0.674. The molecule has 1 aromatic rings. The van der Waals surface area contributed by atoms with E-state index in [0.717, 1.165) is 0 Å². The molecule has 0 spiro atoms. The number of hydrogen-bond donors (Lipinski definition) is 0. The molecule has 66 valence electrons. The summed E-state index contributed by atoms with van der Waals surface area (Å²) in [5, 5.41) is 0.360. The summed E-state index contributed by atoms with van der Waals surface area (Å²) in [6.45, 7) is 0. The summed E-state index contributed by atoms with van der Waals surface area (Å²) < 4.78 is 12.7. The molecule has 0 unspecified atom stereocenters. The molecule has 0 nitrogen and oxygen atoms in total. The largest absolute Gasteiger partial charge is 0.207 e. The third-order valence-corrected chi connectivity index (χ3v) is 1.84. The van der Waals surface area contributed by atoms with Crippen LogP contribution in [-0.2, 0) is 6.42 Å². The molecule has 4 heteroatoms. The molecule has 0 aliphatic carbocycles. The zero-order valence-electron chi connectivity index (χ0n) is 6.03. The van der Waals surface area contributed by atoms with Crippen molar-refractivity contribution in [3.63, 3.8) is 0 Å². The lowest BCUT2D eigenvalue weighted by Crippen LogP contribution is -1.94. The minimum absolute atomic E-state index is 0.360. The predicted molar refractivity (Wildman–Crippen MR) is 50.6 cm³/mol. The second kappa shape index (κ2) is 4.31. The van der Waals surface area contributed by atoms with Crippen LogP contribution in [0.3, 0.4) is 0 Å². The molecule has 1 aromatic carbocycles. The van der Waals surface area contributed by atoms with E-state index in [0.29, 0.717) is 17.0 Å². The van der Waals surface area contributed by atoms with Crippen molar-refractivity contribution >= 4 is 34.8 Å². The normalized spacial score (nSPS) is 10.8. The second-order valence-corrected chi connectivity index (χ2v) is 4.09. The molecular formula is C8H6Cl3F. The van der Waals surface area contributed by atoms with Crippen molar-refractivity contribution in [1.82, 2.24) is 0 Å². The lowest BCUT2D eigenvalue weighted by atomic mass is 10.2. The third kappa shape index (κ3) is 3.18. The first-order valence-corrected chi connectivity index (χ1v) is 4.56. The van der Waals surface area contributed by atoms with E-state index in [1.807, 2.05) is 0 Å². The van der Waals surface area contributed by atoms with Gasteiger partial charge in [-0.1, -0.05) is 11.6 Å². The average Bonchev–Trinajstić information content (AvgIpc) is 1.81. The van der Waals surface area contributed by atoms with Crippen LogP contribution in [0.5, 0.6) is 0 Å². The Labute approximate surface area is 85.2 Å². The fourth-order valence-corrected chi connectivity index (χ4v) is 1.51. The van der Waals surface area contributed by atoms with Gasteiger partial charge in [0.05, 0.1) is 0 Å². The summed E-state index contributed by atoms with van der Waals surface area (Å²) in [6.07, 6.45) is 0.403. The smallest absolute Gasteiger partial charge is 0.124 e. The van der Waals surface area contributed by atoms with Gasteiger partial charge < -0.3 is 0 Å². The van der Waals surface area contributed by atoms with Gasteiger partial charge in [-0.25, -0.2) is 4.39 Å². The van der Waals surface area contributed by atoms with Crippen molar-refractivity contribution in [2.45, 2.75) is 11.3 Å². The van der Waals surface area contributed by atoms with Gasteiger partial charge in [0.15, 0.2) is 0 Å². The topological polar surface area (TPSA) is 0 Å². The van der Waals surface area contributed by atoms with Gasteiger partial charge in [-0.15, -0.1) is 23.2 Å². The van der Waals surface area contributed by atoms with E-state index in [1.165, 1.54) is 12.1 Å². The van der Waals surface area contributed by atoms with E-state index in [1.54, 1.807) is 6.07 Å². The Kier molecular flexibility index (Phi) is 3.63. The monoisotopic (exact) mass is 226 g/mol. The van der Waals surface area contributed by atoms with Crippen LogP contribution < -0.4 is 0 Å². The highest BCUT2D eigenvalue weighted by atomic mass is 35.5. The molecule has 0 atom stereocenters. The minimum Gasteiger partial charge on any atom is -0.207 e. The number of rotatable bonds is 2. The number of halogens is 4. The SMILES string of the molecule is Fc1cc(Cl)cc(CC(Cl)Cl)c1. The summed E-state index contributed by atoms with van der Waals surface area (Å²) in [5.41, 5.74) is 0.704.